The molecule has 0 atom stereocenters. The number of hydrogen-bond donors (Lipinski definition) is 1. The van der Waals surface area contributed by atoms with Gasteiger partial charge in [0.05, 0.1) is 0 Å². The zero-order chi connectivity index (χ0) is 11.5. The topological polar surface area (TPSA) is 63.4 Å². The molecular formula is C10H16N2O2S. The van der Waals surface area contributed by atoms with Gasteiger partial charge in [0, 0.05) is 13.6 Å². The lowest BCUT2D eigenvalue weighted by Gasteiger charge is -2.13. The van der Waals surface area contributed by atoms with E-state index in [1.165, 1.54) is 12.6 Å². The van der Waals surface area contributed by atoms with E-state index in [0.29, 0.717) is 6.54 Å². The number of aryl methyl sites for hydroxylation is 1. The van der Waals surface area contributed by atoms with Gasteiger partial charge in [-0.2, -0.15) is 12.7 Å². The van der Waals surface area contributed by atoms with Crippen LogP contribution in [0.4, 0.5) is 0 Å². The summed E-state index contributed by atoms with van der Waals surface area (Å²) in [7, 11) is -2.12. The van der Waals surface area contributed by atoms with Crippen LogP contribution in [0.3, 0.4) is 0 Å². The van der Waals surface area contributed by atoms with Crippen molar-refractivity contribution >= 4 is 10.2 Å². The SMILES string of the molecule is CCc1ccc(CN(C)S(N)(=O)=O)cc1. The lowest BCUT2D eigenvalue weighted by atomic mass is 10.1. The van der Waals surface area contributed by atoms with Crippen molar-refractivity contribution < 1.29 is 8.42 Å². The maximum Gasteiger partial charge on any atom is 0.276 e. The van der Waals surface area contributed by atoms with E-state index in [1.807, 2.05) is 24.3 Å². The summed E-state index contributed by atoms with van der Waals surface area (Å²) in [5.41, 5.74) is 2.17. The Morgan fingerprint density at radius 1 is 1.20 bits per heavy atom. The maximum absolute atomic E-state index is 11.0. The Balaban J connectivity index is 2.74. The standard InChI is InChI=1S/C10H16N2O2S/c1-3-9-4-6-10(7-5-9)8-12(2)15(11,13)14/h4-7H,3,8H2,1-2H3,(H2,11,13,14). The lowest BCUT2D eigenvalue weighted by Crippen LogP contribution is -2.32. The molecule has 0 fully saturated rings. The average Bonchev–Trinajstić information content (AvgIpc) is 2.17. The third-order valence-corrected chi connectivity index (χ3v) is 3.27. The second-order valence-corrected chi connectivity index (χ2v) is 5.12. The van der Waals surface area contributed by atoms with Crippen molar-refractivity contribution in [2.45, 2.75) is 19.9 Å². The summed E-state index contributed by atoms with van der Waals surface area (Å²) in [5.74, 6) is 0. The molecule has 0 saturated carbocycles. The molecule has 0 spiro atoms. The molecule has 1 aromatic carbocycles. The van der Waals surface area contributed by atoms with Gasteiger partial charge < -0.3 is 0 Å². The molecule has 0 bridgehead atoms. The smallest absolute Gasteiger partial charge is 0.216 e. The van der Waals surface area contributed by atoms with Gasteiger partial charge in [0.2, 0.25) is 0 Å². The van der Waals surface area contributed by atoms with Crippen LogP contribution in [-0.2, 0) is 23.2 Å². The zero-order valence-electron chi connectivity index (χ0n) is 8.97. The van der Waals surface area contributed by atoms with Crippen LogP contribution in [0.1, 0.15) is 18.1 Å². The van der Waals surface area contributed by atoms with E-state index < -0.39 is 10.2 Å². The number of nitrogens with two attached hydrogens (primary N) is 1. The van der Waals surface area contributed by atoms with Crippen molar-refractivity contribution in [1.29, 1.82) is 0 Å². The third-order valence-electron chi connectivity index (χ3n) is 2.27. The van der Waals surface area contributed by atoms with E-state index in [2.05, 4.69) is 6.92 Å². The predicted octanol–water partition coefficient (Wildman–Crippen LogP) is 0.884. The fourth-order valence-electron chi connectivity index (χ4n) is 1.23. The quantitative estimate of drug-likeness (QED) is 0.831. The van der Waals surface area contributed by atoms with Gasteiger partial charge in [-0.05, 0) is 17.5 Å². The minimum absolute atomic E-state index is 0.308. The van der Waals surface area contributed by atoms with Crippen molar-refractivity contribution in [2.75, 3.05) is 7.05 Å². The molecule has 0 aromatic heterocycles. The summed E-state index contributed by atoms with van der Waals surface area (Å²) < 4.78 is 23.0. The number of hydrogen-bond acceptors (Lipinski definition) is 2. The minimum Gasteiger partial charge on any atom is -0.216 e. The molecule has 0 radical (unpaired) electrons. The highest BCUT2D eigenvalue weighted by molar-refractivity contribution is 7.86. The summed E-state index contributed by atoms with van der Waals surface area (Å²) >= 11 is 0. The highest BCUT2D eigenvalue weighted by Gasteiger charge is 2.11. The molecule has 0 aliphatic heterocycles. The lowest BCUT2D eigenvalue weighted by molar-refractivity contribution is 0.468. The normalized spacial score (nSPS) is 12.0. The first-order valence-corrected chi connectivity index (χ1v) is 6.25. The molecule has 5 heteroatoms. The Hall–Kier alpha value is -0.910. The molecular weight excluding hydrogens is 212 g/mol. The van der Waals surface area contributed by atoms with Crippen molar-refractivity contribution in [3.05, 3.63) is 35.4 Å². The highest BCUT2D eigenvalue weighted by atomic mass is 32.2. The Morgan fingerprint density at radius 2 is 1.67 bits per heavy atom. The van der Waals surface area contributed by atoms with E-state index in [0.717, 1.165) is 16.3 Å². The molecule has 0 aliphatic carbocycles. The molecule has 4 nitrogen and oxygen atoms in total. The monoisotopic (exact) mass is 228 g/mol. The fourth-order valence-corrected chi connectivity index (χ4v) is 1.56. The molecule has 1 rings (SSSR count). The van der Waals surface area contributed by atoms with E-state index in [9.17, 15) is 8.42 Å². The zero-order valence-corrected chi connectivity index (χ0v) is 9.79. The highest BCUT2D eigenvalue weighted by Crippen LogP contribution is 2.08. The first-order valence-electron chi connectivity index (χ1n) is 4.75. The van der Waals surface area contributed by atoms with Gasteiger partial charge in [-0.15, -0.1) is 0 Å². The average molecular weight is 228 g/mol. The van der Waals surface area contributed by atoms with E-state index in [-0.39, 0.29) is 0 Å². The first-order chi connectivity index (χ1) is 6.93. The number of rotatable bonds is 4. The van der Waals surface area contributed by atoms with Crippen LogP contribution >= 0.6 is 0 Å². The van der Waals surface area contributed by atoms with Gasteiger partial charge in [0.1, 0.15) is 0 Å². The molecule has 0 unspecified atom stereocenters. The van der Waals surface area contributed by atoms with Crippen molar-refractivity contribution in [2.24, 2.45) is 5.14 Å². The van der Waals surface area contributed by atoms with Gasteiger partial charge >= 0.3 is 0 Å². The van der Waals surface area contributed by atoms with Crippen molar-refractivity contribution in [1.82, 2.24) is 4.31 Å². The second kappa shape index (κ2) is 4.74. The molecule has 0 saturated heterocycles. The molecule has 15 heavy (non-hydrogen) atoms. The Labute approximate surface area is 90.9 Å². The molecule has 0 aliphatic rings. The molecule has 0 heterocycles. The summed E-state index contributed by atoms with van der Waals surface area (Å²) in [5, 5.41) is 4.98. The van der Waals surface area contributed by atoms with Crippen LogP contribution in [0.2, 0.25) is 0 Å². The first kappa shape index (κ1) is 12.2. The van der Waals surface area contributed by atoms with Gasteiger partial charge in [0.25, 0.3) is 10.2 Å². The van der Waals surface area contributed by atoms with Crippen LogP contribution in [0.5, 0.6) is 0 Å². The molecule has 0 amide bonds. The Kier molecular flexibility index (Phi) is 3.84. The van der Waals surface area contributed by atoms with Gasteiger partial charge in [0.15, 0.2) is 0 Å². The second-order valence-electron chi connectivity index (χ2n) is 3.47. The summed E-state index contributed by atoms with van der Waals surface area (Å²) in [6.45, 7) is 2.38. The molecule has 84 valence electrons. The fraction of sp³-hybridized carbons (Fsp3) is 0.400. The summed E-state index contributed by atoms with van der Waals surface area (Å²) in [6.07, 6.45) is 0.977. The van der Waals surface area contributed by atoms with E-state index >= 15 is 0 Å². The van der Waals surface area contributed by atoms with E-state index in [1.54, 1.807) is 0 Å². The Bertz CT molecular complexity index is 412. The molecule has 2 N–H and O–H groups in total. The summed E-state index contributed by atoms with van der Waals surface area (Å²) in [4.78, 5) is 0. The largest absolute Gasteiger partial charge is 0.276 e. The number of benzene rings is 1. The number of nitrogens with zero attached hydrogens (tertiary/aromatic N) is 1. The van der Waals surface area contributed by atoms with Crippen LogP contribution in [0, 0.1) is 0 Å². The van der Waals surface area contributed by atoms with Crippen LogP contribution in [-0.4, -0.2) is 19.8 Å². The van der Waals surface area contributed by atoms with E-state index in [4.69, 9.17) is 5.14 Å². The Morgan fingerprint density at radius 3 is 2.07 bits per heavy atom. The maximum atomic E-state index is 11.0. The predicted molar refractivity (Wildman–Crippen MR) is 60.4 cm³/mol. The van der Waals surface area contributed by atoms with Crippen LogP contribution in [0.15, 0.2) is 24.3 Å². The van der Waals surface area contributed by atoms with Crippen LogP contribution < -0.4 is 5.14 Å². The minimum atomic E-state index is -3.58. The van der Waals surface area contributed by atoms with Crippen molar-refractivity contribution in [3.63, 3.8) is 0 Å². The van der Waals surface area contributed by atoms with Crippen molar-refractivity contribution in [3.8, 4) is 0 Å². The van der Waals surface area contributed by atoms with Crippen LogP contribution in [0.25, 0.3) is 0 Å². The summed E-state index contributed by atoms with van der Waals surface area (Å²) in [6, 6.07) is 7.82. The van der Waals surface area contributed by atoms with Gasteiger partial charge in [-0.3, -0.25) is 0 Å². The van der Waals surface area contributed by atoms with Gasteiger partial charge in [-0.25, -0.2) is 5.14 Å². The van der Waals surface area contributed by atoms with Gasteiger partial charge in [-0.1, -0.05) is 31.2 Å². The third kappa shape index (κ3) is 3.62. The molecule has 1 aromatic rings.